The minimum atomic E-state index is -3.64. The van der Waals surface area contributed by atoms with Crippen LogP contribution in [0.1, 0.15) is 24.8 Å². The monoisotopic (exact) mass is 274 g/mol. The van der Waals surface area contributed by atoms with E-state index in [-0.39, 0.29) is 9.80 Å². The molecule has 1 aromatic carbocycles. The van der Waals surface area contributed by atoms with E-state index in [2.05, 4.69) is 0 Å². The van der Waals surface area contributed by atoms with E-state index in [9.17, 15) is 13.7 Å². The van der Waals surface area contributed by atoms with Crippen LogP contribution in [0.3, 0.4) is 0 Å². The molecule has 0 aliphatic carbocycles. The molecule has 1 fully saturated rings. The van der Waals surface area contributed by atoms with Crippen LogP contribution in [0.4, 0.5) is 5.69 Å². The van der Waals surface area contributed by atoms with Gasteiger partial charge in [0.05, 0.1) is 10.6 Å². The summed E-state index contributed by atoms with van der Waals surface area (Å²) in [6, 6.07) is 7.19. The molecule has 1 saturated heterocycles. The zero-order valence-corrected chi connectivity index (χ0v) is 11.5. The summed E-state index contributed by atoms with van der Waals surface area (Å²) in [5, 5.41) is 9.23. The van der Waals surface area contributed by atoms with Gasteiger partial charge in [-0.2, -0.15) is 5.26 Å². The van der Waals surface area contributed by atoms with E-state index in [1.165, 1.54) is 0 Å². The fourth-order valence-corrected chi connectivity index (χ4v) is 4.34. The third-order valence-electron chi connectivity index (χ3n) is 3.70. The van der Waals surface area contributed by atoms with Crippen molar-refractivity contribution >= 4 is 15.5 Å². The average molecular weight is 274 g/mol. The highest BCUT2D eigenvalue weighted by Crippen LogP contribution is 2.42. The van der Waals surface area contributed by atoms with Gasteiger partial charge >= 0.3 is 0 Å². The van der Waals surface area contributed by atoms with Crippen molar-refractivity contribution in [2.45, 2.75) is 31.1 Å². The Kier molecular flexibility index (Phi) is 2.64. The Morgan fingerprint density at radius 3 is 2.84 bits per heavy atom. The van der Waals surface area contributed by atoms with Gasteiger partial charge < -0.3 is 4.90 Å². The summed E-state index contributed by atoms with van der Waals surface area (Å²) in [5.41, 5.74) is 2.43. The summed E-state index contributed by atoms with van der Waals surface area (Å²) in [4.78, 5) is 2.20. The van der Waals surface area contributed by atoms with Crippen LogP contribution in [0.2, 0.25) is 0 Å². The van der Waals surface area contributed by atoms with E-state index in [1.807, 2.05) is 24.0 Å². The predicted molar refractivity (Wildman–Crippen MR) is 72.2 cm³/mol. The first-order valence-corrected chi connectivity index (χ1v) is 7.80. The number of rotatable bonds is 0. The Morgan fingerprint density at radius 1 is 1.32 bits per heavy atom. The molecule has 0 N–H and O–H groups in total. The third-order valence-corrected chi connectivity index (χ3v) is 5.49. The average Bonchev–Trinajstić information content (AvgIpc) is 2.38. The molecule has 0 spiro atoms. The summed E-state index contributed by atoms with van der Waals surface area (Å²) in [6.07, 6.45) is 2.62. The van der Waals surface area contributed by atoms with Crippen LogP contribution < -0.4 is 4.90 Å². The summed E-state index contributed by atoms with van der Waals surface area (Å²) >= 11 is 0. The van der Waals surface area contributed by atoms with E-state index in [0.29, 0.717) is 12.1 Å². The van der Waals surface area contributed by atoms with Crippen molar-refractivity contribution in [2.24, 2.45) is 0 Å². The maximum Gasteiger partial charge on any atom is 0.220 e. The minimum absolute atomic E-state index is 0.0662. The lowest BCUT2D eigenvalue weighted by atomic mass is 10.0. The van der Waals surface area contributed by atoms with E-state index >= 15 is 0 Å². The van der Waals surface area contributed by atoms with Gasteiger partial charge in [0.1, 0.15) is 6.07 Å². The lowest BCUT2D eigenvalue weighted by Gasteiger charge is -2.36. The van der Waals surface area contributed by atoms with Gasteiger partial charge in [-0.3, -0.25) is 0 Å². The SMILES string of the molecule is Cc1ccc2c(c1)N1CCCCC1=C(C#N)S2(=O)=O. The largest absolute Gasteiger partial charge is 0.342 e. The highest BCUT2D eigenvalue weighted by atomic mass is 32.2. The summed E-state index contributed by atoms with van der Waals surface area (Å²) < 4.78 is 25.0. The molecular formula is C14H14N2O2S. The van der Waals surface area contributed by atoms with Crippen molar-refractivity contribution in [3.05, 3.63) is 34.4 Å². The lowest BCUT2D eigenvalue weighted by molar-refractivity contribution is 0.590. The molecule has 0 aromatic heterocycles. The topological polar surface area (TPSA) is 61.2 Å². The van der Waals surface area contributed by atoms with E-state index in [1.54, 1.807) is 12.1 Å². The molecule has 0 unspecified atom stereocenters. The quantitative estimate of drug-likeness (QED) is 0.729. The number of piperidine rings is 1. The molecule has 0 amide bonds. The molecular weight excluding hydrogens is 260 g/mol. The second-order valence-electron chi connectivity index (χ2n) is 4.97. The molecule has 1 aromatic rings. The lowest BCUT2D eigenvalue weighted by Crippen LogP contribution is -2.34. The zero-order valence-electron chi connectivity index (χ0n) is 10.7. The molecule has 3 rings (SSSR count). The van der Waals surface area contributed by atoms with Crippen molar-refractivity contribution in [3.63, 3.8) is 0 Å². The van der Waals surface area contributed by atoms with Gasteiger partial charge in [-0.25, -0.2) is 8.42 Å². The van der Waals surface area contributed by atoms with Crippen molar-refractivity contribution in [1.29, 1.82) is 5.26 Å². The second-order valence-corrected chi connectivity index (χ2v) is 6.83. The number of hydrogen-bond acceptors (Lipinski definition) is 4. The van der Waals surface area contributed by atoms with E-state index in [4.69, 9.17) is 0 Å². The molecule has 4 nitrogen and oxygen atoms in total. The molecule has 19 heavy (non-hydrogen) atoms. The number of benzene rings is 1. The van der Waals surface area contributed by atoms with Crippen LogP contribution in [0, 0.1) is 18.3 Å². The van der Waals surface area contributed by atoms with Crippen molar-refractivity contribution < 1.29 is 8.42 Å². The van der Waals surface area contributed by atoms with Crippen molar-refractivity contribution in [1.82, 2.24) is 0 Å². The van der Waals surface area contributed by atoms with Gasteiger partial charge in [0.25, 0.3) is 0 Å². The van der Waals surface area contributed by atoms with Crippen LogP contribution in [0.5, 0.6) is 0 Å². The Bertz CT molecular complexity index is 726. The molecule has 0 saturated carbocycles. The smallest absolute Gasteiger partial charge is 0.220 e. The van der Waals surface area contributed by atoms with Gasteiger partial charge in [-0.05, 0) is 43.9 Å². The van der Waals surface area contributed by atoms with E-state index in [0.717, 1.165) is 30.6 Å². The molecule has 0 radical (unpaired) electrons. The van der Waals surface area contributed by atoms with Crippen molar-refractivity contribution in [2.75, 3.05) is 11.4 Å². The Balaban J connectivity index is 2.35. The first kappa shape index (κ1) is 12.2. The molecule has 2 aliphatic heterocycles. The van der Waals surface area contributed by atoms with Crippen LogP contribution in [0.25, 0.3) is 0 Å². The van der Waals surface area contributed by atoms with Gasteiger partial charge in [-0.15, -0.1) is 0 Å². The number of nitriles is 1. The van der Waals surface area contributed by atoms with Crippen LogP contribution in [0.15, 0.2) is 33.7 Å². The highest BCUT2D eigenvalue weighted by Gasteiger charge is 2.37. The van der Waals surface area contributed by atoms with Gasteiger partial charge in [0.2, 0.25) is 9.84 Å². The molecule has 2 heterocycles. The normalized spacial score (nSPS) is 20.5. The summed E-state index contributed by atoms with van der Waals surface area (Å²) in [5.74, 6) is 0. The molecule has 5 heteroatoms. The van der Waals surface area contributed by atoms with Gasteiger partial charge in [0.15, 0.2) is 4.91 Å². The Hall–Kier alpha value is -1.80. The first-order valence-electron chi connectivity index (χ1n) is 6.32. The van der Waals surface area contributed by atoms with E-state index < -0.39 is 9.84 Å². The molecule has 98 valence electrons. The Morgan fingerprint density at radius 2 is 2.11 bits per heavy atom. The van der Waals surface area contributed by atoms with Crippen LogP contribution in [-0.2, 0) is 9.84 Å². The summed E-state index contributed by atoms with van der Waals surface area (Å²) in [6.45, 7) is 2.73. The number of sulfone groups is 1. The fraction of sp³-hybridized carbons (Fsp3) is 0.357. The highest BCUT2D eigenvalue weighted by molar-refractivity contribution is 7.95. The first-order chi connectivity index (χ1) is 9.05. The second kappa shape index (κ2) is 4.10. The van der Waals surface area contributed by atoms with Crippen molar-refractivity contribution in [3.8, 4) is 6.07 Å². The van der Waals surface area contributed by atoms with Crippen LogP contribution >= 0.6 is 0 Å². The molecule has 0 atom stereocenters. The van der Waals surface area contributed by atoms with Gasteiger partial charge in [0, 0.05) is 12.2 Å². The number of hydrogen-bond donors (Lipinski definition) is 0. The fourth-order valence-electron chi connectivity index (χ4n) is 2.79. The number of anilines is 1. The minimum Gasteiger partial charge on any atom is -0.342 e. The van der Waals surface area contributed by atoms with Crippen LogP contribution in [-0.4, -0.2) is 15.0 Å². The summed E-state index contributed by atoms with van der Waals surface area (Å²) in [7, 11) is -3.64. The number of fused-ring (bicyclic) bond motifs is 3. The number of aryl methyl sites for hydroxylation is 1. The Labute approximate surface area is 112 Å². The molecule has 0 bridgehead atoms. The standard InChI is InChI=1S/C14H14N2O2S/c1-10-5-6-13-12(8-10)16-7-3-2-4-11(16)14(9-15)19(13,17)18/h5-6,8H,2-4,7H2,1H3. The van der Waals surface area contributed by atoms with Gasteiger partial charge in [-0.1, -0.05) is 6.07 Å². The number of nitrogens with zero attached hydrogens (tertiary/aromatic N) is 2. The zero-order chi connectivity index (χ0) is 13.6. The maximum absolute atomic E-state index is 12.5. The third kappa shape index (κ3) is 1.67. The predicted octanol–water partition coefficient (Wildman–Crippen LogP) is 2.51. The maximum atomic E-state index is 12.5. The molecule has 2 aliphatic rings. The number of allylic oxidation sites excluding steroid dienone is 2.